The quantitative estimate of drug-likeness (QED) is 0.668. The van der Waals surface area contributed by atoms with E-state index in [1.165, 1.54) is 0 Å². The van der Waals surface area contributed by atoms with Crippen molar-refractivity contribution in [2.24, 2.45) is 0 Å². The van der Waals surface area contributed by atoms with E-state index in [1.54, 1.807) is 32.4 Å². The number of rotatable bonds is 8. The zero-order chi connectivity index (χ0) is 21.8. The molecule has 2 aromatic carbocycles. The van der Waals surface area contributed by atoms with Crippen molar-refractivity contribution >= 4 is 17.6 Å². The number of fused-ring (bicyclic) bond motifs is 1. The Labute approximate surface area is 180 Å². The molecule has 0 atom stereocenters. The lowest BCUT2D eigenvalue weighted by Crippen LogP contribution is -2.42. The zero-order valence-corrected chi connectivity index (χ0v) is 17.5. The lowest BCUT2D eigenvalue weighted by molar-refractivity contribution is -0.121. The summed E-state index contributed by atoms with van der Waals surface area (Å²) < 4.78 is 21.3. The topological polar surface area (TPSA) is 98.4 Å². The highest BCUT2D eigenvalue weighted by Crippen LogP contribution is 2.34. The van der Waals surface area contributed by atoms with Gasteiger partial charge in [0, 0.05) is 29.9 Å². The minimum absolute atomic E-state index is 0.0968. The summed E-state index contributed by atoms with van der Waals surface area (Å²) in [7, 11) is 3.22. The Morgan fingerprint density at radius 2 is 1.87 bits per heavy atom. The van der Waals surface area contributed by atoms with Crippen molar-refractivity contribution in [2.45, 2.75) is 25.4 Å². The fourth-order valence-electron chi connectivity index (χ4n) is 3.47. The highest BCUT2D eigenvalue weighted by molar-refractivity contribution is 6.01. The monoisotopic (exact) mass is 427 g/mol. The summed E-state index contributed by atoms with van der Waals surface area (Å²) in [6.07, 6.45) is 2.03. The third-order valence-corrected chi connectivity index (χ3v) is 5.15. The highest BCUT2D eigenvalue weighted by atomic mass is 16.7. The standard InChI is InChI=1S/C22H25N3O6/c1-28-17-6-8-18(29-2)14(9-17)11-25(16-4-5-16)12-21(26)24-22(27)23-15-3-7-19-20(10-15)31-13-30-19/h3,6-10,16H,4-5,11-13H2,1-2H3,(H2,23,24,26,27). The number of carbonyl (C=O) groups is 2. The van der Waals surface area contributed by atoms with Gasteiger partial charge in [-0.3, -0.25) is 15.0 Å². The Morgan fingerprint density at radius 3 is 2.61 bits per heavy atom. The summed E-state index contributed by atoms with van der Waals surface area (Å²) in [4.78, 5) is 26.8. The number of nitrogens with one attached hydrogen (secondary N) is 2. The smallest absolute Gasteiger partial charge is 0.325 e. The molecule has 0 bridgehead atoms. The first kappa shape index (κ1) is 20.8. The van der Waals surface area contributed by atoms with Crippen molar-refractivity contribution < 1.29 is 28.5 Å². The molecule has 1 aliphatic carbocycles. The largest absolute Gasteiger partial charge is 0.497 e. The fraction of sp³-hybridized carbons (Fsp3) is 0.364. The van der Waals surface area contributed by atoms with Crippen LogP contribution in [0.4, 0.5) is 10.5 Å². The van der Waals surface area contributed by atoms with Gasteiger partial charge < -0.3 is 24.3 Å². The first-order valence-electron chi connectivity index (χ1n) is 10.0. The number of amides is 3. The first-order chi connectivity index (χ1) is 15.1. The van der Waals surface area contributed by atoms with Gasteiger partial charge in [0.1, 0.15) is 11.5 Å². The summed E-state index contributed by atoms with van der Waals surface area (Å²) >= 11 is 0. The normalized spacial score (nSPS) is 14.3. The van der Waals surface area contributed by atoms with Crippen LogP contribution in [0.1, 0.15) is 18.4 Å². The van der Waals surface area contributed by atoms with Crippen LogP contribution >= 0.6 is 0 Å². The van der Waals surface area contributed by atoms with E-state index in [1.807, 2.05) is 23.1 Å². The minimum atomic E-state index is -0.599. The molecule has 0 radical (unpaired) electrons. The van der Waals surface area contributed by atoms with E-state index >= 15 is 0 Å². The molecule has 0 aromatic heterocycles. The number of benzene rings is 2. The first-order valence-corrected chi connectivity index (χ1v) is 10.0. The van der Waals surface area contributed by atoms with E-state index in [0.29, 0.717) is 29.8 Å². The fourth-order valence-corrected chi connectivity index (χ4v) is 3.47. The van der Waals surface area contributed by atoms with E-state index in [0.717, 1.165) is 29.9 Å². The molecule has 0 spiro atoms. The van der Waals surface area contributed by atoms with Gasteiger partial charge in [-0.05, 0) is 43.2 Å². The molecule has 4 rings (SSSR count). The number of ether oxygens (including phenoxy) is 4. The Kier molecular flexibility index (Phi) is 6.13. The number of carbonyl (C=O) groups excluding carboxylic acids is 2. The predicted octanol–water partition coefficient (Wildman–Crippen LogP) is 2.75. The summed E-state index contributed by atoms with van der Waals surface area (Å²) in [6.45, 7) is 0.764. The van der Waals surface area contributed by atoms with E-state index in [4.69, 9.17) is 18.9 Å². The molecule has 1 saturated carbocycles. The number of nitrogens with zero attached hydrogens (tertiary/aromatic N) is 1. The van der Waals surface area contributed by atoms with Crippen molar-refractivity contribution in [3.05, 3.63) is 42.0 Å². The predicted molar refractivity (Wildman–Crippen MR) is 113 cm³/mol. The Bertz CT molecular complexity index is 976. The van der Waals surface area contributed by atoms with Gasteiger partial charge in [-0.25, -0.2) is 4.79 Å². The van der Waals surface area contributed by atoms with Crippen molar-refractivity contribution in [1.82, 2.24) is 10.2 Å². The summed E-state index contributed by atoms with van der Waals surface area (Å²) in [5.41, 5.74) is 1.43. The maximum absolute atomic E-state index is 12.5. The molecule has 2 N–H and O–H groups in total. The van der Waals surface area contributed by atoms with Gasteiger partial charge in [0.15, 0.2) is 11.5 Å². The van der Waals surface area contributed by atoms with Crippen LogP contribution in [0.25, 0.3) is 0 Å². The number of hydrogen-bond acceptors (Lipinski definition) is 7. The molecule has 31 heavy (non-hydrogen) atoms. The Morgan fingerprint density at radius 1 is 1.06 bits per heavy atom. The Balaban J connectivity index is 1.35. The van der Waals surface area contributed by atoms with Crippen LogP contribution in [-0.4, -0.2) is 50.4 Å². The number of imide groups is 1. The third kappa shape index (κ3) is 5.18. The van der Waals surface area contributed by atoms with Gasteiger partial charge in [0.25, 0.3) is 0 Å². The van der Waals surface area contributed by atoms with Crippen molar-refractivity contribution in [2.75, 3.05) is 32.9 Å². The SMILES string of the molecule is COc1ccc(OC)c(CN(CC(=O)NC(=O)Nc2ccc3c(c2)OCO3)C2CC2)c1. The van der Waals surface area contributed by atoms with E-state index < -0.39 is 6.03 Å². The van der Waals surface area contributed by atoms with Gasteiger partial charge in [0.2, 0.25) is 12.7 Å². The summed E-state index contributed by atoms with van der Waals surface area (Å²) in [6, 6.07) is 10.3. The van der Waals surface area contributed by atoms with Gasteiger partial charge in [0.05, 0.1) is 20.8 Å². The number of anilines is 1. The van der Waals surface area contributed by atoms with Crippen LogP contribution in [0.5, 0.6) is 23.0 Å². The number of hydrogen-bond donors (Lipinski definition) is 2. The average Bonchev–Trinajstić information content (AvgIpc) is 3.50. The molecule has 0 saturated heterocycles. The molecule has 1 heterocycles. The summed E-state index contributed by atoms with van der Waals surface area (Å²) in [5.74, 6) is 2.24. The van der Waals surface area contributed by atoms with Gasteiger partial charge in [-0.1, -0.05) is 0 Å². The molecule has 2 aliphatic rings. The average molecular weight is 427 g/mol. The maximum atomic E-state index is 12.5. The molecule has 1 fully saturated rings. The molecular formula is C22H25N3O6. The van der Waals surface area contributed by atoms with Crippen molar-refractivity contribution in [1.29, 1.82) is 0 Å². The molecule has 9 nitrogen and oxygen atoms in total. The van der Waals surface area contributed by atoms with Crippen LogP contribution in [-0.2, 0) is 11.3 Å². The van der Waals surface area contributed by atoms with Crippen molar-refractivity contribution in [3.63, 3.8) is 0 Å². The lowest BCUT2D eigenvalue weighted by Gasteiger charge is -2.22. The third-order valence-electron chi connectivity index (χ3n) is 5.15. The van der Waals surface area contributed by atoms with Crippen molar-refractivity contribution in [3.8, 4) is 23.0 Å². The van der Waals surface area contributed by atoms with Crippen LogP contribution in [0.3, 0.4) is 0 Å². The zero-order valence-electron chi connectivity index (χ0n) is 17.5. The van der Waals surface area contributed by atoms with Crippen LogP contribution in [0, 0.1) is 0 Å². The van der Waals surface area contributed by atoms with E-state index in [-0.39, 0.29) is 19.2 Å². The maximum Gasteiger partial charge on any atom is 0.325 e. The second-order valence-corrected chi connectivity index (χ2v) is 7.38. The van der Waals surface area contributed by atoms with Gasteiger partial charge in [-0.15, -0.1) is 0 Å². The van der Waals surface area contributed by atoms with Crippen LogP contribution < -0.4 is 29.6 Å². The molecule has 9 heteroatoms. The van der Waals surface area contributed by atoms with Gasteiger partial charge >= 0.3 is 6.03 Å². The van der Waals surface area contributed by atoms with Gasteiger partial charge in [-0.2, -0.15) is 0 Å². The van der Waals surface area contributed by atoms with E-state index in [2.05, 4.69) is 10.6 Å². The minimum Gasteiger partial charge on any atom is -0.497 e. The molecule has 2 aromatic rings. The lowest BCUT2D eigenvalue weighted by atomic mass is 10.1. The summed E-state index contributed by atoms with van der Waals surface area (Å²) in [5, 5.41) is 5.03. The van der Waals surface area contributed by atoms with Crippen LogP contribution in [0.2, 0.25) is 0 Å². The molecule has 3 amide bonds. The highest BCUT2D eigenvalue weighted by Gasteiger charge is 2.31. The molecule has 0 unspecified atom stereocenters. The number of urea groups is 1. The second-order valence-electron chi connectivity index (χ2n) is 7.38. The molecule has 1 aliphatic heterocycles. The molecular weight excluding hydrogens is 402 g/mol. The molecule has 164 valence electrons. The number of methoxy groups -OCH3 is 2. The second kappa shape index (κ2) is 9.13. The van der Waals surface area contributed by atoms with Crippen LogP contribution in [0.15, 0.2) is 36.4 Å². The van der Waals surface area contributed by atoms with E-state index in [9.17, 15) is 9.59 Å². The Hall–Kier alpha value is -3.46.